The fourth-order valence-corrected chi connectivity index (χ4v) is 11.2. The fraction of sp³-hybridized carbons (Fsp3) is 0.909. The van der Waals surface area contributed by atoms with Crippen LogP contribution in [-0.2, 0) is 9.53 Å². The van der Waals surface area contributed by atoms with E-state index in [1.807, 2.05) is 13.8 Å². The van der Waals surface area contributed by atoms with Crippen molar-refractivity contribution in [1.29, 1.82) is 0 Å². The topological polar surface area (TPSA) is 46.5 Å². The molecule has 204 valence electrons. The largest absolute Gasteiger partial charge is 0.463 e. The van der Waals surface area contributed by atoms with Gasteiger partial charge in [0, 0.05) is 0 Å². The Morgan fingerprint density at radius 2 is 1.64 bits per heavy atom. The zero-order valence-corrected chi connectivity index (χ0v) is 24.7. The molecule has 5 aliphatic rings. The lowest BCUT2D eigenvalue weighted by atomic mass is 9.33. The molecule has 0 radical (unpaired) electrons. The maximum atomic E-state index is 13.8. The molecule has 1 N–H and O–H groups in total. The highest BCUT2D eigenvalue weighted by molar-refractivity contribution is 5.79. The highest BCUT2D eigenvalue weighted by Crippen LogP contribution is 2.75. The Hall–Kier alpha value is -0.830. The number of aliphatic hydroxyl groups excluding tert-OH is 1. The first kappa shape index (κ1) is 26.8. The molecule has 0 unspecified atom stereocenters. The SMILES string of the molecule is CC(C)OC(=O)[C@]12CC[C@@H](C)[C@H](C)[C@H]1C1=CC[C@@H]3[C@@]4(C)CC[C@H](O)C(C)(C)[C@@H]4CC[C@@]3(C)[C@]1(C)CC2. The first-order valence-electron chi connectivity index (χ1n) is 15.2. The Labute approximate surface area is 221 Å². The zero-order valence-electron chi connectivity index (χ0n) is 24.7. The molecule has 0 aliphatic heterocycles. The Kier molecular flexibility index (Phi) is 6.19. The van der Waals surface area contributed by atoms with Crippen LogP contribution < -0.4 is 0 Å². The number of hydrogen-bond donors (Lipinski definition) is 1. The van der Waals surface area contributed by atoms with Crippen molar-refractivity contribution in [1.82, 2.24) is 0 Å². The lowest BCUT2D eigenvalue weighted by Crippen LogP contribution is -2.65. The van der Waals surface area contributed by atoms with Gasteiger partial charge in [0.1, 0.15) is 0 Å². The van der Waals surface area contributed by atoms with Crippen molar-refractivity contribution in [2.45, 2.75) is 132 Å². The molecule has 3 nitrogen and oxygen atoms in total. The molecule has 0 heterocycles. The number of rotatable bonds is 2. The fourth-order valence-electron chi connectivity index (χ4n) is 11.2. The molecule has 4 fully saturated rings. The van der Waals surface area contributed by atoms with E-state index in [1.54, 1.807) is 5.57 Å². The average molecular weight is 499 g/mol. The Balaban J connectivity index is 1.59. The number of aliphatic hydroxyl groups is 1. The Morgan fingerprint density at radius 3 is 2.31 bits per heavy atom. The van der Waals surface area contributed by atoms with E-state index < -0.39 is 0 Å². The van der Waals surface area contributed by atoms with Crippen molar-refractivity contribution >= 4 is 5.97 Å². The van der Waals surface area contributed by atoms with Gasteiger partial charge in [-0.3, -0.25) is 4.79 Å². The van der Waals surface area contributed by atoms with E-state index in [2.05, 4.69) is 54.5 Å². The lowest BCUT2D eigenvalue weighted by molar-refractivity contribution is -0.208. The molecule has 0 aromatic rings. The summed E-state index contributed by atoms with van der Waals surface area (Å²) in [7, 11) is 0. The van der Waals surface area contributed by atoms with Crippen LogP contribution in [0.4, 0.5) is 0 Å². The number of fused-ring (bicyclic) bond motifs is 7. The van der Waals surface area contributed by atoms with Crippen molar-refractivity contribution in [2.24, 2.45) is 56.7 Å². The van der Waals surface area contributed by atoms with Crippen molar-refractivity contribution in [3.05, 3.63) is 11.6 Å². The monoisotopic (exact) mass is 498 g/mol. The van der Waals surface area contributed by atoms with Gasteiger partial charge in [-0.1, -0.05) is 60.1 Å². The summed E-state index contributed by atoms with van der Waals surface area (Å²) in [5, 5.41) is 11.0. The third-order valence-corrected chi connectivity index (χ3v) is 13.7. The van der Waals surface area contributed by atoms with E-state index in [-0.39, 0.29) is 45.3 Å². The summed E-state index contributed by atoms with van der Waals surface area (Å²) in [5.74, 6) is 2.73. The maximum absolute atomic E-state index is 13.8. The molecule has 0 bridgehead atoms. The first-order valence-corrected chi connectivity index (χ1v) is 15.2. The molecule has 5 rings (SSSR count). The number of ether oxygens (including phenoxy) is 1. The van der Waals surface area contributed by atoms with Crippen LogP contribution in [0.25, 0.3) is 0 Å². The number of esters is 1. The van der Waals surface area contributed by atoms with Crippen molar-refractivity contribution in [3.63, 3.8) is 0 Å². The van der Waals surface area contributed by atoms with E-state index in [0.29, 0.717) is 29.6 Å². The zero-order chi connectivity index (χ0) is 26.5. The number of allylic oxidation sites excluding steroid dienone is 2. The third-order valence-electron chi connectivity index (χ3n) is 13.7. The van der Waals surface area contributed by atoms with Gasteiger partial charge in [-0.2, -0.15) is 0 Å². The Morgan fingerprint density at radius 1 is 0.944 bits per heavy atom. The second kappa shape index (κ2) is 8.33. The predicted octanol–water partition coefficient (Wildman–Crippen LogP) is 7.96. The summed E-state index contributed by atoms with van der Waals surface area (Å²) in [5.41, 5.74) is 1.87. The van der Waals surface area contributed by atoms with Gasteiger partial charge in [0.25, 0.3) is 0 Å². The van der Waals surface area contributed by atoms with Crippen molar-refractivity contribution in [2.75, 3.05) is 0 Å². The van der Waals surface area contributed by atoms with Crippen LogP contribution in [0.3, 0.4) is 0 Å². The minimum atomic E-state index is -0.344. The van der Waals surface area contributed by atoms with Gasteiger partial charge in [0.05, 0.1) is 17.6 Å². The Bertz CT molecular complexity index is 933. The van der Waals surface area contributed by atoms with Crippen LogP contribution in [0.5, 0.6) is 0 Å². The van der Waals surface area contributed by atoms with Gasteiger partial charge in [-0.15, -0.1) is 0 Å². The predicted molar refractivity (Wildman–Crippen MR) is 146 cm³/mol. The normalized spacial score (nSPS) is 51.8. The smallest absolute Gasteiger partial charge is 0.312 e. The van der Waals surface area contributed by atoms with Crippen molar-refractivity contribution in [3.8, 4) is 0 Å². The molecule has 0 aromatic carbocycles. The van der Waals surface area contributed by atoms with Crippen molar-refractivity contribution < 1.29 is 14.6 Å². The lowest BCUT2D eigenvalue weighted by Gasteiger charge is -2.71. The molecule has 0 aromatic heterocycles. The third kappa shape index (κ3) is 3.29. The summed E-state index contributed by atoms with van der Waals surface area (Å²) in [6.07, 6.45) is 12.3. The molecule has 5 aliphatic carbocycles. The van der Waals surface area contributed by atoms with Crippen LogP contribution in [0.1, 0.15) is 120 Å². The quantitative estimate of drug-likeness (QED) is 0.310. The molecule has 0 spiro atoms. The molecule has 36 heavy (non-hydrogen) atoms. The van der Waals surface area contributed by atoms with Gasteiger partial charge in [0.2, 0.25) is 0 Å². The standard InChI is InChI=1S/C33H54O3/c1-20(2)36-28(35)33-17-12-21(3)22(4)27(33)23-10-11-25-30(7)15-14-26(34)29(5,6)24(30)13-16-32(25,9)31(23,8)18-19-33/h10,20-22,24-27,34H,11-19H2,1-9H3/t21-,22+,24+,25-,26+,27+,30+,31-,32-,33+/m1/s1. The summed E-state index contributed by atoms with van der Waals surface area (Å²) >= 11 is 0. The van der Waals surface area contributed by atoms with E-state index >= 15 is 0 Å². The first-order chi connectivity index (χ1) is 16.6. The van der Waals surface area contributed by atoms with Gasteiger partial charge in [0.15, 0.2) is 0 Å². The average Bonchev–Trinajstić information content (AvgIpc) is 2.79. The van der Waals surface area contributed by atoms with E-state index in [4.69, 9.17) is 4.74 Å². The molecule has 4 saturated carbocycles. The number of carbonyl (C=O) groups excluding carboxylic acids is 1. The second-order valence-corrected chi connectivity index (χ2v) is 15.6. The maximum Gasteiger partial charge on any atom is 0.312 e. The molecular formula is C33H54O3. The van der Waals surface area contributed by atoms with Crippen LogP contribution >= 0.6 is 0 Å². The summed E-state index contributed by atoms with van der Waals surface area (Å²) in [6.45, 7) is 21.3. The summed E-state index contributed by atoms with van der Waals surface area (Å²) in [4.78, 5) is 13.8. The van der Waals surface area contributed by atoms with Crippen LogP contribution in [0.15, 0.2) is 11.6 Å². The minimum Gasteiger partial charge on any atom is -0.463 e. The van der Waals surface area contributed by atoms with E-state index in [9.17, 15) is 9.90 Å². The van der Waals surface area contributed by atoms with Gasteiger partial charge in [-0.25, -0.2) is 0 Å². The van der Waals surface area contributed by atoms with Crippen LogP contribution in [0, 0.1) is 56.7 Å². The molecule has 0 amide bonds. The number of hydrogen-bond acceptors (Lipinski definition) is 3. The highest BCUT2D eigenvalue weighted by atomic mass is 16.5. The number of carbonyl (C=O) groups is 1. The van der Waals surface area contributed by atoms with E-state index in [0.717, 1.165) is 44.9 Å². The summed E-state index contributed by atoms with van der Waals surface area (Å²) < 4.78 is 6.01. The van der Waals surface area contributed by atoms with E-state index in [1.165, 1.54) is 12.8 Å². The van der Waals surface area contributed by atoms with Gasteiger partial charge < -0.3 is 9.84 Å². The molecule has 0 saturated heterocycles. The summed E-state index contributed by atoms with van der Waals surface area (Å²) in [6, 6.07) is 0. The molecular weight excluding hydrogens is 444 g/mol. The van der Waals surface area contributed by atoms with Crippen LogP contribution in [-0.4, -0.2) is 23.3 Å². The van der Waals surface area contributed by atoms with Gasteiger partial charge in [-0.05, 0) is 123 Å². The van der Waals surface area contributed by atoms with Gasteiger partial charge >= 0.3 is 5.97 Å². The molecule has 3 heteroatoms. The molecule has 10 atom stereocenters. The minimum absolute atomic E-state index is 0.0190. The van der Waals surface area contributed by atoms with Crippen LogP contribution in [0.2, 0.25) is 0 Å². The highest BCUT2D eigenvalue weighted by Gasteiger charge is 2.69. The second-order valence-electron chi connectivity index (χ2n) is 15.6.